The molecule has 0 atom stereocenters. The lowest BCUT2D eigenvalue weighted by Gasteiger charge is -2.10. The first-order valence-electron chi connectivity index (χ1n) is 8.06. The molecule has 0 fully saturated rings. The lowest BCUT2D eigenvalue weighted by atomic mass is 10.2. The van der Waals surface area contributed by atoms with E-state index < -0.39 is 0 Å². The fraction of sp³-hybridized carbons (Fsp3) is 0. The van der Waals surface area contributed by atoms with E-state index in [1.165, 1.54) is 0 Å². The number of benzene rings is 2. The summed E-state index contributed by atoms with van der Waals surface area (Å²) in [7, 11) is 0. The molecule has 0 saturated heterocycles. The zero-order chi connectivity index (χ0) is 16.9. The van der Waals surface area contributed by atoms with Gasteiger partial charge in [0.1, 0.15) is 5.82 Å². The second kappa shape index (κ2) is 6.93. The average Bonchev–Trinajstić information content (AvgIpc) is 2.70. The smallest absolute Gasteiger partial charge is 0.162 e. The van der Waals surface area contributed by atoms with Gasteiger partial charge in [-0.25, -0.2) is 9.97 Å². The minimum Gasteiger partial charge on any atom is -0.340 e. The molecular weight excluding hydrogens is 308 g/mol. The standard InChI is InChI=1S/C21H16N4/c1-3-9-16(10-4-1)21-24-19(18-13-7-8-14-22-18)15-20(25-21)23-17-11-5-2-6-12-17/h1-15H,(H,23,24,25). The van der Waals surface area contributed by atoms with Crippen molar-refractivity contribution in [3.05, 3.63) is 91.1 Å². The summed E-state index contributed by atoms with van der Waals surface area (Å²) in [4.78, 5) is 13.8. The van der Waals surface area contributed by atoms with Crippen molar-refractivity contribution < 1.29 is 0 Å². The van der Waals surface area contributed by atoms with Crippen molar-refractivity contribution in [3.8, 4) is 22.8 Å². The number of hydrogen-bond acceptors (Lipinski definition) is 4. The van der Waals surface area contributed by atoms with Crippen molar-refractivity contribution in [2.45, 2.75) is 0 Å². The summed E-state index contributed by atoms with van der Waals surface area (Å²) < 4.78 is 0. The molecule has 0 aliphatic heterocycles. The topological polar surface area (TPSA) is 50.7 Å². The zero-order valence-electron chi connectivity index (χ0n) is 13.5. The molecule has 0 spiro atoms. The molecule has 0 aliphatic carbocycles. The predicted octanol–water partition coefficient (Wildman–Crippen LogP) is 4.95. The molecule has 0 amide bonds. The number of aromatic nitrogens is 3. The quantitative estimate of drug-likeness (QED) is 0.577. The van der Waals surface area contributed by atoms with Crippen molar-refractivity contribution in [2.24, 2.45) is 0 Å². The fourth-order valence-electron chi connectivity index (χ4n) is 2.54. The Balaban J connectivity index is 1.80. The molecule has 4 aromatic rings. The molecule has 0 unspecified atom stereocenters. The van der Waals surface area contributed by atoms with Gasteiger partial charge in [0.2, 0.25) is 0 Å². The zero-order valence-corrected chi connectivity index (χ0v) is 13.5. The highest BCUT2D eigenvalue weighted by Crippen LogP contribution is 2.24. The van der Waals surface area contributed by atoms with Gasteiger partial charge in [-0.15, -0.1) is 0 Å². The van der Waals surface area contributed by atoms with E-state index in [2.05, 4.69) is 15.3 Å². The van der Waals surface area contributed by atoms with Crippen molar-refractivity contribution in [3.63, 3.8) is 0 Å². The van der Waals surface area contributed by atoms with Gasteiger partial charge in [-0.05, 0) is 24.3 Å². The Bertz CT molecular complexity index is 897. The van der Waals surface area contributed by atoms with Gasteiger partial charge in [-0.2, -0.15) is 0 Å². The Morgan fingerprint density at radius 2 is 1.36 bits per heavy atom. The van der Waals surface area contributed by atoms with E-state index in [1.54, 1.807) is 6.20 Å². The number of hydrogen-bond donors (Lipinski definition) is 1. The highest BCUT2D eigenvalue weighted by atomic mass is 15.0. The van der Waals surface area contributed by atoms with Gasteiger partial charge >= 0.3 is 0 Å². The number of pyridine rings is 1. The second-order valence-corrected chi connectivity index (χ2v) is 5.53. The van der Waals surface area contributed by atoms with E-state index in [0.717, 1.165) is 28.5 Å². The normalized spacial score (nSPS) is 10.4. The molecule has 1 N–H and O–H groups in total. The lowest BCUT2D eigenvalue weighted by Crippen LogP contribution is -1.99. The summed E-state index contributed by atoms with van der Waals surface area (Å²) >= 11 is 0. The van der Waals surface area contributed by atoms with Crippen LogP contribution in [-0.2, 0) is 0 Å². The first kappa shape index (κ1) is 15.0. The maximum Gasteiger partial charge on any atom is 0.162 e. The Labute approximate surface area is 146 Å². The predicted molar refractivity (Wildman–Crippen MR) is 100 cm³/mol. The van der Waals surface area contributed by atoms with Crippen LogP contribution in [0.15, 0.2) is 91.1 Å². The molecule has 2 aromatic heterocycles. The maximum atomic E-state index is 4.70. The van der Waals surface area contributed by atoms with Crippen molar-refractivity contribution in [1.82, 2.24) is 15.0 Å². The highest BCUT2D eigenvalue weighted by Gasteiger charge is 2.09. The van der Waals surface area contributed by atoms with Gasteiger partial charge in [0.05, 0.1) is 11.4 Å². The van der Waals surface area contributed by atoms with Crippen LogP contribution in [0, 0.1) is 0 Å². The Morgan fingerprint density at radius 1 is 0.640 bits per heavy atom. The van der Waals surface area contributed by atoms with Crippen molar-refractivity contribution in [2.75, 3.05) is 5.32 Å². The summed E-state index contributed by atoms with van der Waals surface area (Å²) in [6.45, 7) is 0. The lowest BCUT2D eigenvalue weighted by molar-refractivity contribution is 1.16. The van der Waals surface area contributed by atoms with Crippen LogP contribution in [0.3, 0.4) is 0 Å². The van der Waals surface area contributed by atoms with E-state index in [0.29, 0.717) is 5.82 Å². The number of nitrogens with one attached hydrogen (secondary N) is 1. The largest absolute Gasteiger partial charge is 0.340 e. The van der Waals surface area contributed by atoms with E-state index in [-0.39, 0.29) is 0 Å². The second-order valence-electron chi connectivity index (χ2n) is 5.53. The molecule has 2 heterocycles. The highest BCUT2D eigenvalue weighted by molar-refractivity contribution is 5.68. The molecule has 4 nitrogen and oxygen atoms in total. The third kappa shape index (κ3) is 3.53. The van der Waals surface area contributed by atoms with Gasteiger partial charge in [-0.1, -0.05) is 54.6 Å². The van der Waals surface area contributed by atoms with Crippen LogP contribution >= 0.6 is 0 Å². The van der Waals surface area contributed by atoms with Crippen LogP contribution in [0.1, 0.15) is 0 Å². The average molecular weight is 324 g/mol. The van der Waals surface area contributed by atoms with Crippen LogP contribution in [0.25, 0.3) is 22.8 Å². The SMILES string of the molecule is c1ccc(Nc2cc(-c3ccccn3)nc(-c3ccccc3)n2)cc1. The first-order chi connectivity index (χ1) is 12.4. The van der Waals surface area contributed by atoms with Crippen LogP contribution < -0.4 is 5.32 Å². The summed E-state index contributed by atoms with van der Waals surface area (Å²) in [6, 6.07) is 27.6. The van der Waals surface area contributed by atoms with E-state index in [9.17, 15) is 0 Å². The van der Waals surface area contributed by atoms with Gasteiger partial charge < -0.3 is 5.32 Å². The minimum atomic E-state index is 0.669. The third-order valence-electron chi connectivity index (χ3n) is 3.73. The molecule has 0 saturated carbocycles. The van der Waals surface area contributed by atoms with E-state index in [1.807, 2.05) is 84.9 Å². The number of anilines is 2. The molecule has 4 rings (SSSR count). The molecule has 0 bridgehead atoms. The fourth-order valence-corrected chi connectivity index (χ4v) is 2.54. The van der Waals surface area contributed by atoms with Gasteiger partial charge in [-0.3, -0.25) is 4.98 Å². The molecule has 4 heteroatoms. The minimum absolute atomic E-state index is 0.669. The van der Waals surface area contributed by atoms with Crippen LogP contribution in [0.5, 0.6) is 0 Å². The molecular formula is C21H16N4. The van der Waals surface area contributed by atoms with Crippen LogP contribution in [0.4, 0.5) is 11.5 Å². The summed E-state index contributed by atoms with van der Waals surface area (Å²) in [5, 5.41) is 3.35. The third-order valence-corrected chi connectivity index (χ3v) is 3.73. The molecule has 0 aliphatic rings. The monoisotopic (exact) mass is 324 g/mol. The van der Waals surface area contributed by atoms with Gasteiger partial charge in [0.25, 0.3) is 0 Å². The summed E-state index contributed by atoms with van der Waals surface area (Å²) in [5.74, 6) is 1.41. The van der Waals surface area contributed by atoms with Crippen LogP contribution in [-0.4, -0.2) is 15.0 Å². The molecule has 0 radical (unpaired) electrons. The summed E-state index contributed by atoms with van der Waals surface area (Å²) in [6.07, 6.45) is 1.77. The molecule has 25 heavy (non-hydrogen) atoms. The van der Waals surface area contributed by atoms with Gasteiger partial charge in [0.15, 0.2) is 5.82 Å². The number of nitrogens with zero attached hydrogens (tertiary/aromatic N) is 3. The Kier molecular flexibility index (Phi) is 4.16. The summed E-state index contributed by atoms with van der Waals surface area (Å²) in [5.41, 5.74) is 3.55. The number of para-hydroxylation sites is 1. The van der Waals surface area contributed by atoms with E-state index >= 15 is 0 Å². The molecule has 2 aromatic carbocycles. The van der Waals surface area contributed by atoms with Crippen LogP contribution in [0.2, 0.25) is 0 Å². The van der Waals surface area contributed by atoms with E-state index in [4.69, 9.17) is 4.98 Å². The first-order valence-corrected chi connectivity index (χ1v) is 8.06. The Hall–Kier alpha value is -3.53. The number of rotatable bonds is 4. The molecule has 120 valence electrons. The van der Waals surface area contributed by atoms with Gasteiger partial charge in [0, 0.05) is 23.5 Å². The Morgan fingerprint density at radius 3 is 2.08 bits per heavy atom. The van der Waals surface area contributed by atoms with Crippen molar-refractivity contribution in [1.29, 1.82) is 0 Å². The van der Waals surface area contributed by atoms with Crippen molar-refractivity contribution >= 4 is 11.5 Å². The maximum absolute atomic E-state index is 4.70.